The largest absolute Gasteiger partial charge is 0.369 e. The minimum absolute atomic E-state index is 0.0445. The molecular formula is C24H31N5O4S. The molecule has 0 bridgehead atoms. The summed E-state index contributed by atoms with van der Waals surface area (Å²) in [6.07, 6.45) is 2.66. The number of anilines is 3. The lowest BCUT2D eigenvalue weighted by molar-refractivity contribution is -0.116. The third kappa shape index (κ3) is 5.94. The van der Waals surface area contributed by atoms with E-state index >= 15 is 0 Å². The van der Waals surface area contributed by atoms with Gasteiger partial charge in [0.2, 0.25) is 21.8 Å². The van der Waals surface area contributed by atoms with E-state index < -0.39 is 15.9 Å². The highest BCUT2D eigenvalue weighted by Crippen LogP contribution is 2.28. The molecule has 2 aromatic carbocycles. The van der Waals surface area contributed by atoms with Gasteiger partial charge in [0.1, 0.15) is 0 Å². The molecule has 9 nitrogen and oxygen atoms in total. The van der Waals surface area contributed by atoms with E-state index in [2.05, 4.69) is 20.4 Å². The Morgan fingerprint density at radius 1 is 0.912 bits per heavy atom. The Balaban J connectivity index is 1.29. The van der Waals surface area contributed by atoms with Gasteiger partial charge in [0.25, 0.3) is 0 Å². The van der Waals surface area contributed by atoms with Crippen LogP contribution >= 0.6 is 0 Å². The van der Waals surface area contributed by atoms with E-state index in [1.165, 1.54) is 51.1 Å². The van der Waals surface area contributed by atoms with E-state index in [1.807, 2.05) is 24.3 Å². The predicted octanol–water partition coefficient (Wildman–Crippen LogP) is 2.19. The Bertz CT molecular complexity index is 1120. The van der Waals surface area contributed by atoms with Crippen molar-refractivity contribution in [3.8, 4) is 0 Å². The van der Waals surface area contributed by atoms with Crippen LogP contribution in [0.3, 0.4) is 0 Å². The number of benzene rings is 2. The maximum absolute atomic E-state index is 12.8. The SMILES string of the molecule is CC(=O)Nc1ccc(S(=O)(=O)N(C)CC(=O)Nc2ccc(N3CCN(C4CC4)CC3)cc2)cc1. The zero-order chi connectivity index (χ0) is 24.3. The lowest BCUT2D eigenvalue weighted by atomic mass is 10.2. The van der Waals surface area contributed by atoms with Gasteiger partial charge in [0.05, 0.1) is 11.4 Å². The maximum atomic E-state index is 12.8. The molecule has 0 unspecified atom stereocenters. The predicted molar refractivity (Wildman–Crippen MR) is 132 cm³/mol. The van der Waals surface area contributed by atoms with Crippen molar-refractivity contribution in [1.82, 2.24) is 9.21 Å². The number of sulfonamides is 1. The number of nitrogens with one attached hydrogen (secondary N) is 2. The molecule has 2 fully saturated rings. The molecule has 34 heavy (non-hydrogen) atoms. The maximum Gasteiger partial charge on any atom is 0.243 e. The van der Waals surface area contributed by atoms with Crippen molar-refractivity contribution in [1.29, 1.82) is 0 Å². The minimum atomic E-state index is -3.85. The number of hydrogen-bond acceptors (Lipinski definition) is 6. The summed E-state index contributed by atoms with van der Waals surface area (Å²) in [6, 6.07) is 14.3. The number of carbonyl (C=O) groups is 2. The first-order chi connectivity index (χ1) is 16.2. The first kappa shape index (κ1) is 24.2. The summed E-state index contributed by atoms with van der Waals surface area (Å²) in [6.45, 7) is 5.22. The number of nitrogens with zero attached hydrogens (tertiary/aromatic N) is 3. The van der Waals surface area contributed by atoms with Gasteiger partial charge in [-0.1, -0.05) is 0 Å². The van der Waals surface area contributed by atoms with Gasteiger partial charge < -0.3 is 15.5 Å². The molecule has 2 N–H and O–H groups in total. The van der Waals surface area contributed by atoms with Gasteiger partial charge in [-0.25, -0.2) is 8.42 Å². The van der Waals surface area contributed by atoms with Crippen LogP contribution in [-0.4, -0.2) is 75.3 Å². The fourth-order valence-corrected chi connectivity index (χ4v) is 5.25. The standard InChI is InChI=1S/C24H31N5O4S/c1-18(30)25-19-5-11-23(12-6-19)34(32,33)27(2)17-24(31)26-20-3-7-21(8-4-20)28-13-15-29(16-14-28)22-9-10-22/h3-8,11-12,22H,9-10,13-17H2,1-2H3,(H,25,30)(H,26,31). The molecular weight excluding hydrogens is 454 g/mol. The normalized spacial score (nSPS) is 17.0. The zero-order valence-corrected chi connectivity index (χ0v) is 20.3. The first-order valence-electron chi connectivity index (χ1n) is 11.5. The topological polar surface area (TPSA) is 102 Å². The van der Waals surface area contributed by atoms with Crippen LogP contribution in [0.4, 0.5) is 17.1 Å². The van der Waals surface area contributed by atoms with Crippen molar-refractivity contribution >= 4 is 38.9 Å². The molecule has 10 heteroatoms. The fraction of sp³-hybridized carbons (Fsp3) is 0.417. The number of rotatable bonds is 8. The summed E-state index contributed by atoms with van der Waals surface area (Å²) in [5.74, 6) is -0.666. The highest BCUT2D eigenvalue weighted by Gasteiger charge is 2.31. The van der Waals surface area contributed by atoms with Crippen molar-refractivity contribution in [2.24, 2.45) is 0 Å². The van der Waals surface area contributed by atoms with Crippen LogP contribution in [-0.2, 0) is 19.6 Å². The van der Waals surface area contributed by atoms with Gasteiger partial charge >= 0.3 is 0 Å². The lowest BCUT2D eigenvalue weighted by Gasteiger charge is -2.36. The molecule has 2 aliphatic rings. The number of piperazine rings is 1. The summed E-state index contributed by atoms with van der Waals surface area (Å²) in [4.78, 5) is 28.6. The van der Waals surface area contributed by atoms with E-state index in [-0.39, 0.29) is 17.3 Å². The van der Waals surface area contributed by atoms with Gasteiger partial charge in [-0.15, -0.1) is 0 Å². The van der Waals surface area contributed by atoms with Crippen LogP contribution < -0.4 is 15.5 Å². The molecule has 0 radical (unpaired) electrons. The van der Waals surface area contributed by atoms with Gasteiger partial charge in [0.15, 0.2) is 0 Å². The van der Waals surface area contributed by atoms with Gasteiger partial charge in [-0.05, 0) is 61.4 Å². The molecule has 1 aliphatic carbocycles. The minimum Gasteiger partial charge on any atom is -0.369 e. The van der Waals surface area contributed by atoms with Crippen molar-refractivity contribution in [2.75, 3.05) is 55.3 Å². The van der Waals surface area contributed by atoms with Crippen molar-refractivity contribution in [3.63, 3.8) is 0 Å². The van der Waals surface area contributed by atoms with E-state index in [1.54, 1.807) is 0 Å². The molecule has 2 aromatic rings. The molecule has 2 amide bonds. The van der Waals surface area contributed by atoms with Crippen molar-refractivity contribution in [3.05, 3.63) is 48.5 Å². The van der Waals surface area contributed by atoms with E-state index in [0.29, 0.717) is 11.4 Å². The van der Waals surface area contributed by atoms with Crippen LogP contribution in [0.1, 0.15) is 19.8 Å². The molecule has 1 aliphatic heterocycles. The highest BCUT2D eigenvalue weighted by atomic mass is 32.2. The van der Waals surface area contributed by atoms with Gasteiger partial charge in [0, 0.05) is 63.3 Å². The van der Waals surface area contributed by atoms with Crippen LogP contribution in [0.5, 0.6) is 0 Å². The molecule has 182 valence electrons. The zero-order valence-electron chi connectivity index (χ0n) is 19.5. The van der Waals surface area contributed by atoms with Crippen LogP contribution in [0.2, 0.25) is 0 Å². The van der Waals surface area contributed by atoms with E-state index in [9.17, 15) is 18.0 Å². The smallest absolute Gasteiger partial charge is 0.243 e. The average molecular weight is 486 g/mol. The Morgan fingerprint density at radius 3 is 2.03 bits per heavy atom. The molecule has 0 atom stereocenters. The molecule has 1 heterocycles. The average Bonchev–Trinajstić information content (AvgIpc) is 3.65. The summed E-state index contributed by atoms with van der Waals surface area (Å²) in [7, 11) is -2.49. The third-order valence-corrected chi connectivity index (χ3v) is 7.96. The van der Waals surface area contributed by atoms with Crippen LogP contribution in [0, 0.1) is 0 Å². The Morgan fingerprint density at radius 2 is 1.47 bits per heavy atom. The lowest BCUT2D eigenvalue weighted by Crippen LogP contribution is -2.47. The van der Waals surface area contributed by atoms with Crippen LogP contribution in [0.25, 0.3) is 0 Å². The Labute approximate surface area is 200 Å². The highest BCUT2D eigenvalue weighted by molar-refractivity contribution is 7.89. The third-order valence-electron chi connectivity index (χ3n) is 6.14. The van der Waals surface area contributed by atoms with Crippen LogP contribution in [0.15, 0.2) is 53.4 Å². The number of carbonyl (C=O) groups excluding carboxylic acids is 2. The van der Waals surface area contributed by atoms with Gasteiger partial charge in [-0.2, -0.15) is 4.31 Å². The second-order valence-electron chi connectivity index (χ2n) is 8.82. The second-order valence-corrected chi connectivity index (χ2v) is 10.9. The molecule has 1 saturated heterocycles. The van der Waals surface area contributed by atoms with Crippen molar-refractivity contribution < 1.29 is 18.0 Å². The molecule has 1 saturated carbocycles. The molecule has 0 aromatic heterocycles. The second kappa shape index (κ2) is 10.1. The summed E-state index contributed by atoms with van der Waals surface area (Å²) >= 11 is 0. The quantitative estimate of drug-likeness (QED) is 0.594. The number of amides is 2. The monoisotopic (exact) mass is 485 g/mol. The summed E-state index contributed by atoms with van der Waals surface area (Å²) in [5, 5.41) is 5.36. The van der Waals surface area contributed by atoms with E-state index in [4.69, 9.17) is 0 Å². The molecule has 0 spiro atoms. The Kier molecular flexibility index (Phi) is 7.20. The van der Waals surface area contributed by atoms with Gasteiger partial charge in [-0.3, -0.25) is 14.5 Å². The van der Waals surface area contributed by atoms with E-state index in [0.717, 1.165) is 42.2 Å². The fourth-order valence-electron chi connectivity index (χ4n) is 4.12. The van der Waals surface area contributed by atoms with Crippen molar-refractivity contribution in [2.45, 2.75) is 30.7 Å². The number of hydrogen-bond donors (Lipinski definition) is 2. The molecule has 4 rings (SSSR count). The first-order valence-corrected chi connectivity index (χ1v) is 12.9. The summed E-state index contributed by atoms with van der Waals surface area (Å²) < 4.78 is 26.6. The number of likely N-dealkylation sites (N-methyl/N-ethyl adjacent to an activating group) is 1. The summed E-state index contributed by atoms with van der Waals surface area (Å²) in [5.41, 5.74) is 2.24. The Hall–Kier alpha value is -2.95.